The van der Waals surface area contributed by atoms with E-state index < -0.39 is 0 Å². The summed E-state index contributed by atoms with van der Waals surface area (Å²) in [5, 5.41) is 15.1. The van der Waals surface area contributed by atoms with Gasteiger partial charge < -0.3 is 5.32 Å². The first kappa shape index (κ1) is 18.0. The van der Waals surface area contributed by atoms with Crippen molar-refractivity contribution in [2.45, 2.75) is 20.0 Å². The molecule has 130 valence electrons. The molecule has 0 aliphatic heterocycles. The number of carbonyl (C=O) groups is 1. The van der Waals surface area contributed by atoms with Crippen molar-refractivity contribution in [1.82, 2.24) is 25.3 Å². The quantitative estimate of drug-likeness (QED) is 0.618. The van der Waals surface area contributed by atoms with Crippen molar-refractivity contribution in [3.63, 3.8) is 0 Å². The topological polar surface area (TPSA) is 75.6 Å². The van der Waals surface area contributed by atoms with Crippen LogP contribution in [0.2, 0.25) is 10.0 Å². The van der Waals surface area contributed by atoms with E-state index in [1.54, 1.807) is 28.9 Å². The highest BCUT2D eigenvalue weighted by Gasteiger charge is 2.14. The number of nitrogens with one attached hydrogen (secondary N) is 2. The number of aromatic amines is 1. The number of benzene rings is 1. The number of H-pyrrole nitrogens is 1. The summed E-state index contributed by atoms with van der Waals surface area (Å²) in [4.78, 5) is 12.3. The van der Waals surface area contributed by atoms with Crippen molar-refractivity contribution in [3.8, 4) is 11.3 Å². The minimum Gasteiger partial charge on any atom is -0.345 e. The second kappa shape index (κ2) is 7.59. The Morgan fingerprint density at radius 2 is 2.16 bits per heavy atom. The third kappa shape index (κ3) is 4.05. The Morgan fingerprint density at radius 3 is 2.84 bits per heavy atom. The second-order valence-electron chi connectivity index (χ2n) is 5.25. The molecule has 0 aliphatic carbocycles. The van der Waals surface area contributed by atoms with Gasteiger partial charge in [-0.25, -0.2) is 0 Å². The SMILES string of the molecule is CCn1cc(Br)c(CNC(=O)c2cc(-c3ccc(Cl)cc3Cl)n[nH]2)n1. The third-order valence-corrected chi connectivity index (χ3v) is 4.77. The van der Waals surface area contributed by atoms with Crippen molar-refractivity contribution in [2.24, 2.45) is 0 Å². The Kier molecular flexibility index (Phi) is 5.46. The molecule has 6 nitrogen and oxygen atoms in total. The summed E-state index contributed by atoms with van der Waals surface area (Å²) in [5.74, 6) is -0.276. The highest BCUT2D eigenvalue weighted by molar-refractivity contribution is 9.10. The standard InChI is InChI=1S/C16H14BrCl2N5O/c1-2-24-8-11(17)15(23-24)7-20-16(25)14-6-13(21-22-14)10-4-3-9(18)5-12(10)19/h3-6,8H,2,7H2,1H3,(H,20,25)(H,21,22). The van der Waals surface area contributed by atoms with Gasteiger partial charge in [0.15, 0.2) is 0 Å². The van der Waals surface area contributed by atoms with Crippen LogP contribution < -0.4 is 5.32 Å². The summed E-state index contributed by atoms with van der Waals surface area (Å²) in [5.41, 5.74) is 2.37. The van der Waals surface area contributed by atoms with Crippen LogP contribution in [0.5, 0.6) is 0 Å². The first-order valence-electron chi connectivity index (χ1n) is 7.48. The van der Waals surface area contributed by atoms with Gasteiger partial charge in [0.25, 0.3) is 5.91 Å². The molecule has 2 N–H and O–H groups in total. The molecule has 2 heterocycles. The molecule has 2 aromatic heterocycles. The predicted molar refractivity (Wildman–Crippen MR) is 101 cm³/mol. The van der Waals surface area contributed by atoms with E-state index in [-0.39, 0.29) is 5.91 Å². The Balaban J connectivity index is 1.71. The first-order valence-corrected chi connectivity index (χ1v) is 9.03. The van der Waals surface area contributed by atoms with E-state index in [1.807, 2.05) is 13.1 Å². The lowest BCUT2D eigenvalue weighted by molar-refractivity contribution is 0.0945. The maximum atomic E-state index is 12.3. The summed E-state index contributed by atoms with van der Waals surface area (Å²) in [7, 11) is 0. The molecule has 3 aromatic rings. The van der Waals surface area contributed by atoms with Crippen LogP contribution in [0, 0.1) is 0 Å². The summed E-state index contributed by atoms with van der Waals surface area (Å²) in [6.45, 7) is 3.07. The zero-order valence-electron chi connectivity index (χ0n) is 13.2. The maximum Gasteiger partial charge on any atom is 0.269 e. The highest BCUT2D eigenvalue weighted by Crippen LogP contribution is 2.29. The molecule has 1 aromatic carbocycles. The Morgan fingerprint density at radius 1 is 1.36 bits per heavy atom. The predicted octanol–water partition coefficient (Wildman–Crippen LogP) is 4.29. The van der Waals surface area contributed by atoms with E-state index >= 15 is 0 Å². The number of amides is 1. The molecular formula is C16H14BrCl2N5O. The van der Waals surface area contributed by atoms with Crippen molar-refractivity contribution in [1.29, 1.82) is 0 Å². The van der Waals surface area contributed by atoms with Crippen molar-refractivity contribution in [2.75, 3.05) is 0 Å². The highest BCUT2D eigenvalue weighted by atomic mass is 79.9. The van der Waals surface area contributed by atoms with E-state index in [9.17, 15) is 4.79 Å². The van der Waals surface area contributed by atoms with Crippen LogP contribution in [0.4, 0.5) is 0 Å². The van der Waals surface area contributed by atoms with E-state index in [1.165, 1.54) is 0 Å². The zero-order chi connectivity index (χ0) is 18.0. The molecule has 0 aliphatic rings. The van der Waals surface area contributed by atoms with Crippen molar-refractivity contribution in [3.05, 3.63) is 56.4 Å². The molecule has 0 bridgehead atoms. The van der Waals surface area contributed by atoms with Gasteiger partial charge >= 0.3 is 0 Å². The van der Waals surface area contributed by atoms with Gasteiger partial charge in [0.2, 0.25) is 0 Å². The van der Waals surface area contributed by atoms with Gasteiger partial charge in [-0.3, -0.25) is 14.6 Å². The summed E-state index contributed by atoms with van der Waals surface area (Å²) >= 11 is 15.5. The minimum atomic E-state index is -0.276. The molecular weight excluding hydrogens is 429 g/mol. The summed E-state index contributed by atoms with van der Waals surface area (Å²) < 4.78 is 2.65. The molecule has 0 saturated carbocycles. The van der Waals surface area contributed by atoms with Crippen LogP contribution in [0.3, 0.4) is 0 Å². The lowest BCUT2D eigenvalue weighted by Crippen LogP contribution is -2.23. The fourth-order valence-electron chi connectivity index (χ4n) is 2.25. The maximum absolute atomic E-state index is 12.3. The largest absolute Gasteiger partial charge is 0.345 e. The number of hydrogen-bond acceptors (Lipinski definition) is 3. The fraction of sp³-hybridized carbons (Fsp3) is 0.188. The van der Waals surface area contributed by atoms with Gasteiger partial charge in [-0.2, -0.15) is 10.2 Å². The molecule has 3 rings (SSSR count). The van der Waals surface area contributed by atoms with Crippen LogP contribution in [0.15, 0.2) is 34.9 Å². The number of aryl methyl sites for hydroxylation is 1. The molecule has 0 unspecified atom stereocenters. The molecule has 9 heteroatoms. The van der Waals surface area contributed by atoms with Crippen LogP contribution in [-0.2, 0) is 13.1 Å². The molecule has 0 fully saturated rings. The molecule has 0 saturated heterocycles. The Hall–Kier alpha value is -1.83. The fourth-order valence-corrected chi connectivity index (χ4v) is 3.21. The zero-order valence-corrected chi connectivity index (χ0v) is 16.3. The average molecular weight is 443 g/mol. The second-order valence-corrected chi connectivity index (χ2v) is 6.95. The minimum absolute atomic E-state index is 0.276. The van der Waals surface area contributed by atoms with E-state index in [4.69, 9.17) is 23.2 Å². The van der Waals surface area contributed by atoms with Crippen LogP contribution in [0.1, 0.15) is 23.1 Å². The summed E-state index contributed by atoms with van der Waals surface area (Å²) in [6.07, 6.45) is 1.87. The van der Waals surface area contributed by atoms with E-state index in [2.05, 4.69) is 36.5 Å². The van der Waals surface area contributed by atoms with Gasteiger partial charge in [-0.1, -0.05) is 23.2 Å². The molecule has 1 amide bonds. The third-order valence-electron chi connectivity index (χ3n) is 3.56. The van der Waals surface area contributed by atoms with Gasteiger partial charge in [-0.15, -0.1) is 0 Å². The van der Waals surface area contributed by atoms with Crippen LogP contribution >= 0.6 is 39.1 Å². The molecule has 0 atom stereocenters. The number of nitrogens with zero attached hydrogens (tertiary/aromatic N) is 3. The lowest BCUT2D eigenvalue weighted by Gasteiger charge is -2.01. The first-order chi connectivity index (χ1) is 12.0. The molecule has 0 spiro atoms. The molecule has 25 heavy (non-hydrogen) atoms. The average Bonchev–Trinajstić information content (AvgIpc) is 3.19. The lowest BCUT2D eigenvalue weighted by atomic mass is 10.1. The smallest absolute Gasteiger partial charge is 0.269 e. The van der Waals surface area contributed by atoms with Gasteiger partial charge in [0, 0.05) is 23.3 Å². The normalized spacial score (nSPS) is 10.9. The van der Waals surface area contributed by atoms with Crippen LogP contribution in [-0.4, -0.2) is 25.9 Å². The van der Waals surface area contributed by atoms with Crippen molar-refractivity contribution < 1.29 is 4.79 Å². The van der Waals surface area contributed by atoms with Crippen molar-refractivity contribution >= 4 is 45.0 Å². The summed E-state index contributed by atoms with van der Waals surface area (Å²) in [6, 6.07) is 6.76. The van der Waals surface area contributed by atoms with Gasteiger partial charge in [0.1, 0.15) is 5.69 Å². The van der Waals surface area contributed by atoms with Crippen LogP contribution in [0.25, 0.3) is 11.3 Å². The Bertz CT molecular complexity index is 921. The number of hydrogen-bond donors (Lipinski definition) is 2. The molecule has 0 radical (unpaired) electrons. The number of aromatic nitrogens is 4. The van der Waals surface area contributed by atoms with Gasteiger partial charge in [0.05, 0.1) is 27.4 Å². The monoisotopic (exact) mass is 441 g/mol. The number of halogens is 3. The number of rotatable bonds is 5. The van der Waals surface area contributed by atoms with E-state index in [0.717, 1.165) is 16.7 Å². The Labute approximate surface area is 162 Å². The van der Waals surface area contributed by atoms with Gasteiger partial charge in [-0.05, 0) is 47.1 Å². The van der Waals surface area contributed by atoms with E-state index in [0.29, 0.717) is 33.5 Å². The number of carbonyl (C=O) groups excluding carboxylic acids is 1.